The van der Waals surface area contributed by atoms with Gasteiger partial charge in [0, 0.05) is 38.0 Å². The number of fused-ring (bicyclic) bond motifs is 3. The molecule has 0 spiro atoms. The average Bonchev–Trinajstić information content (AvgIpc) is 3.08. The number of carbonyl (C=O) groups excluding carboxylic acids is 2. The highest BCUT2D eigenvalue weighted by atomic mass is 16.5. The summed E-state index contributed by atoms with van der Waals surface area (Å²) in [6, 6.07) is 15.1. The van der Waals surface area contributed by atoms with Gasteiger partial charge in [0.1, 0.15) is 12.6 Å². The summed E-state index contributed by atoms with van der Waals surface area (Å²) in [6.07, 6.45) is -0.588. The zero-order valence-corrected chi connectivity index (χ0v) is 19.1. The summed E-state index contributed by atoms with van der Waals surface area (Å²) in [5.74, 6) is -1.68. The summed E-state index contributed by atoms with van der Waals surface area (Å²) >= 11 is 0. The van der Waals surface area contributed by atoms with Crippen molar-refractivity contribution in [3.05, 3.63) is 59.7 Å². The van der Waals surface area contributed by atoms with E-state index < -0.39 is 29.6 Å². The highest BCUT2D eigenvalue weighted by molar-refractivity contribution is 5.84. The minimum absolute atomic E-state index is 0.0633. The van der Waals surface area contributed by atoms with Gasteiger partial charge >= 0.3 is 12.1 Å². The lowest BCUT2D eigenvalue weighted by Crippen LogP contribution is -2.49. The van der Waals surface area contributed by atoms with Crippen LogP contribution in [0.4, 0.5) is 4.79 Å². The molecular formula is C25H30N2O6. The van der Waals surface area contributed by atoms with Gasteiger partial charge < -0.3 is 25.2 Å². The van der Waals surface area contributed by atoms with Gasteiger partial charge in [-0.25, -0.2) is 9.59 Å². The minimum atomic E-state index is -1.14. The first-order valence-corrected chi connectivity index (χ1v) is 10.9. The number of rotatable bonds is 10. The maximum Gasteiger partial charge on any atom is 0.407 e. The number of carbonyl (C=O) groups is 3. The Bertz CT molecular complexity index is 974. The molecule has 0 saturated carbocycles. The van der Waals surface area contributed by atoms with Crippen molar-refractivity contribution in [1.82, 2.24) is 10.6 Å². The van der Waals surface area contributed by atoms with E-state index in [-0.39, 0.29) is 32.0 Å². The molecule has 8 nitrogen and oxygen atoms in total. The molecule has 2 aromatic carbocycles. The van der Waals surface area contributed by atoms with Crippen LogP contribution in [0, 0.1) is 0 Å². The Labute approximate surface area is 193 Å². The molecule has 1 atom stereocenters. The first kappa shape index (κ1) is 24.3. The number of hydrogen-bond donors (Lipinski definition) is 3. The maximum atomic E-state index is 12.5. The van der Waals surface area contributed by atoms with Crippen LogP contribution < -0.4 is 10.6 Å². The van der Waals surface area contributed by atoms with Crippen molar-refractivity contribution in [2.45, 2.75) is 44.2 Å². The molecule has 0 bridgehead atoms. The third-order valence-electron chi connectivity index (χ3n) is 5.63. The molecule has 176 valence electrons. The van der Waals surface area contributed by atoms with Crippen molar-refractivity contribution >= 4 is 18.0 Å². The van der Waals surface area contributed by atoms with Gasteiger partial charge in [0.15, 0.2) is 0 Å². The zero-order valence-electron chi connectivity index (χ0n) is 19.1. The van der Waals surface area contributed by atoms with Crippen molar-refractivity contribution in [1.29, 1.82) is 0 Å². The number of methoxy groups -OCH3 is 1. The second-order valence-corrected chi connectivity index (χ2v) is 8.75. The monoisotopic (exact) mass is 454 g/mol. The highest BCUT2D eigenvalue weighted by Crippen LogP contribution is 2.44. The van der Waals surface area contributed by atoms with E-state index in [2.05, 4.69) is 22.8 Å². The van der Waals surface area contributed by atoms with E-state index in [0.717, 1.165) is 22.3 Å². The molecule has 8 heteroatoms. The fourth-order valence-corrected chi connectivity index (χ4v) is 4.09. The van der Waals surface area contributed by atoms with Crippen LogP contribution in [0.2, 0.25) is 0 Å². The molecule has 1 aliphatic rings. The van der Waals surface area contributed by atoms with E-state index in [1.807, 2.05) is 36.4 Å². The van der Waals surface area contributed by atoms with Crippen LogP contribution in [0.25, 0.3) is 11.1 Å². The molecule has 1 unspecified atom stereocenters. The van der Waals surface area contributed by atoms with E-state index in [0.29, 0.717) is 0 Å². The van der Waals surface area contributed by atoms with E-state index >= 15 is 0 Å². The second kappa shape index (κ2) is 10.5. The fourth-order valence-electron chi connectivity index (χ4n) is 4.09. The van der Waals surface area contributed by atoms with E-state index in [1.165, 1.54) is 7.11 Å². The van der Waals surface area contributed by atoms with Gasteiger partial charge in [0.2, 0.25) is 5.91 Å². The largest absolute Gasteiger partial charge is 0.480 e. The first-order valence-electron chi connectivity index (χ1n) is 10.9. The Morgan fingerprint density at radius 3 is 2.15 bits per heavy atom. The number of carboxylic acids is 1. The number of amides is 2. The molecular weight excluding hydrogens is 424 g/mol. The van der Waals surface area contributed by atoms with E-state index in [4.69, 9.17) is 9.47 Å². The summed E-state index contributed by atoms with van der Waals surface area (Å²) in [5, 5.41) is 14.4. The highest BCUT2D eigenvalue weighted by Gasteiger charge is 2.31. The van der Waals surface area contributed by atoms with Crippen LogP contribution in [0.1, 0.15) is 43.7 Å². The lowest BCUT2D eigenvalue weighted by Gasteiger charge is -2.26. The van der Waals surface area contributed by atoms with Gasteiger partial charge in [-0.1, -0.05) is 48.5 Å². The van der Waals surface area contributed by atoms with Crippen molar-refractivity contribution in [3.8, 4) is 11.1 Å². The minimum Gasteiger partial charge on any atom is -0.480 e. The van der Waals surface area contributed by atoms with Gasteiger partial charge in [0.05, 0.1) is 0 Å². The molecule has 2 aromatic rings. The van der Waals surface area contributed by atoms with Gasteiger partial charge in [-0.3, -0.25) is 4.79 Å². The Hall–Kier alpha value is -3.39. The smallest absolute Gasteiger partial charge is 0.407 e. The fraction of sp³-hybridized carbons (Fsp3) is 0.400. The summed E-state index contributed by atoms with van der Waals surface area (Å²) in [4.78, 5) is 36.2. The van der Waals surface area contributed by atoms with Crippen LogP contribution in [-0.4, -0.2) is 55.0 Å². The molecule has 0 heterocycles. The van der Waals surface area contributed by atoms with Crippen molar-refractivity contribution in [2.75, 3.05) is 20.3 Å². The molecule has 2 amide bonds. The number of nitrogens with one attached hydrogen (secondary N) is 2. The number of carboxylic acid groups (broad SMARTS) is 1. The van der Waals surface area contributed by atoms with E-state index in [9.17, 15) is 19.5 Å². The molecule has 3 N–H and O–H groups in total. The summed E-state index contributed by atoms with van der Waals surface area (Å²) in [6.45, 7) is 3.73. The quantitative estimate of drug-likeness (QED) is 0.508. The van der Waals surface area contributed by atoms with Crippen LogP contribution in [0.15, 0.2) is 48.5 Å². The summed E-state index contributed by atoms with van der Waals surface area (Å²) < 4.78 is 10.4. The van der Waals surface area contributed by atoms with Crippen LogP contribution >= 0.6 is 0 Å². The van der Waals surface area contributed by atoms with E-state index in [1.54, 1.807) is 13.8 Å². The molecule has 1 aliphatic carbocycles. The van der Waals surface area contributed by atoms with Crippen molar-refractivity contribution in [2.24, 2.45) is 0 Å². The Kier molecular flexibility index (Phi) is 7.71. The normalized spacial score (nSPS) is 13.5. The number of hydrogen-bond acceptors (Lipinski definition) is 5. The molecule has 0 aromatic heterocycles. The summed E-state index contributed by atoms with van der Waals surface area (Å²) in [7, 11) is 1.46. The van der Waals surface area contributed by atoms with Crippen molar-refractivity contribution < 1.29 is 29.0 Å². The Balaban J connectivity index is 1.56. The standard InChI is InChI=1S/C25H30N2O6/c1-25(2,14-22(28)26-21(23(29)30)12-13-32-3)27-24(31)33-15-20-18-10-6-4-8-16(18)17-9-5-7-11-19(17)20/h4-11,20-21H,12-15H2,1-3H3,(H,26,28)(H,27,31)(H,29,30). The number of aliphatic carboxylic acids is 1. The molecule has 0 aliphatic heterocycles. The van der Waals surface area contributed by atoms with Crippen LogP contribution in [-0.2, 0) is 19.1 Å². The SMILES string of the molecule is COCCC(NC(=O)CC(C)(C)NC(=O)OCC1c2ccccc2-c2ccccc21)C(=O)O. The number of benzene rings is 2. The molecule has 0 fully saturated rings. The molecule has 0 saturated heterocycles. The van der Waals surface area contributed by atoms with Gasteiger partial charge in [0.25, 0.3) is 0 Å². The summed E-state index contributed by atoms with van der Waals surface area (Å²) in [5.41, 5.74) is 3.57. The molecule has 0 radical (unpaired) electrons. The Morgan fingerprint density at radius 1 is 1.03 bits per heavy atom. The zero-order chi connectivity index (χ0) is 24.0. The topological polar surface area (TPSA) is 114 Å². The average molecular weight is 455 g/mol. The lowest BCUT2D eigenvalue weighted by atomic mass is 9.98. The Morgan fingerprint density at radius 2 is 1.61 bits per heavy atom. The second-order valence-electron chi connectivity index (χ2n) is 8.75. The van der Waals surface area contributed by atoms with Gasteiger partial charge in [-0.2, -0.15) is 0 Å². The third kappa shape index (κ3) is 6.10. The predicted octanol–water partition coefficient (Wildman–Crippen LogP) is 3.30. The number of alkyl carbamates (subject to hydrolysis) is 1. The van der Waals surface area contributed by atoms with Crippen molar-refractivity contribution in [3.63, 3.8) is 0 Å². The third-order valence-corrected chi connectivity index (χ3v) is 5.63. The van der Waals surface area contributed by atoms with Gasteiger partial charge in [-0.15, -0.1) is 0 Å². The van der Waals surface area contributed by atoms with Crippen LogP contribution in [0.3, 0.4) is 0 Å². The predicted molar refractivity (Wildman–Crippen MR) is 123 cm³/mol. The number of ether oxygens (including phenoxy) is 2. The maximum absolute atomic E-state index is 12.5. The lowest BCUT2D eigenvalue weighted by molar-refractivity contribution is -0.142. The molecule has 33 heavy (non-hydrogen) atoms. The first-order chi connectivity index (χ1) is 15.7. The van der Waals surface area contributed by atoms with Crippen LogP contribution in [0.5, 0.6) is 0 Å². The van der Waals surface area contributed by atoms with Gasteiger partial charge in [-0.05, 0) is 36.1 Å². The molecule has 3 rings (SSSR count).